The van der Waals surface area contributed by atoms with Crippen molar-refractivity contribution < 1.29 is 9.59 Å². The van der Waals surface area contributed by atoms with Gasteiger partial charge in [0.05, 0.1) is 6.42 Å². The van der Waals surface area contributed by atoms with Gasteiger partial charge in [0.1, 0.15) is 6.04 Å². The zero-order chi connectivity index (χ0) is 19.6. The fourth-order valence-electron chi connectivity index (χ4n) is 2.91. The van der Waals surface area contributed by atoms with Crippen LogP contribution in [0.3, 0.4) is 0 Å². The molecule has 144 valence electrons. The summed E-state index contributed by atoms with van der Waals surface area (Å²) in [4.78, 5) is 27.3. The molecule has 0 heterocycles. The molecular formula is C23H30N2O2. The summed E-state index contributed by atoms with van der Waals surface area (Å²) in [5.41, 5.74) is 2.12. The van der Waals surface area contributed by atoms with E-state index in [0.717, 1.165) is 24.0 Å². The Morgan fingerprint density at radius 3 is 2.04 bits per heavy atom. The quantitative estimate of drug-likeness (QED) is 0.737. The van der Waals surface area contributed by atoms with Crippen molar-refractivity contribution in [3.63, 3.8) is 0 Å². The molecule has 2 unspecified atom stereocenters. The van der Waals surface area contributed by atoms with Gasteiger partial charge in [-0.25, -0.2) is 0 Å². The van der Waals surface area contributed by atoms with Crippen molar-refractivity contribution in [1.29, 1.82) is 0 Å². The van der Waals surface area contributed by atoms with Gasteiger partial charge in [0, 0.05) is 12.6 Å². The lowest BCUT2D eigenvalue weighted by atomic mass is 10.1. The maximum Gasteiger partial charge on any atom is 0.242 e. The third-order valence-electron chi connectivity index (χ3n) is 4.85. The Bertz CT molecular complexity index is 716. The van der Waals surface area contributed by atoms with Gasteiger partial charge in [0.2, 0.25) is 11.8 Å². The monoisotopic (exact) mass is 366 g/mol. The highest BCUT2D eigenvalue weighted by Crippen LogP contribution is 2.10. The summed E-state index contributed by atoms with van der Waals surface area (Å²) in [5, 5.41) is 2.99. The molecule has 2 atom stereocenters. The highest BCUT2D eigenvalue weighted by molar-refractivity contribution is 5.88. The Balaban J connectivity index is 2.11. The molecule has 0 aromatic heterocycles. The molecule has 0 saturated heterocycles. The van der Waals surface area contributed by atoms with Gasteiger partial charge in [-0.05, 0) is 37.8 Å². The first-order chi connectivity index (χ1) is 13.0. The molecule has 0 spiro atoms. The molecule has 0 saturated carbocycles. The number of benzene rings is 2. The summed E-state index contributed by atoms with van der Waals surface area (Å²) in [7, 11) is 0. The summed E-state index contributed by atoms with van der Waals surface area (Å²) in [5.74, 6) is -0.122. The molecule has 0 aliphatic carbocycles. The second-order valence-electron chi connectivity index (χ2n) is 6.98. The van der Waals surface area contributed by atoms with Crippen molar-refractivity contribution in [2.45, 2.75) is 52.1 Å². The van der Waals surface area contributed by atoms with Crippen LogP contribution in [0, 0.1) is 0 Å². The van der Waals surface area contributed by atoms with Gasteiger partial charge in [0.25, 0.3) is 0 Å². The van der Waals surface area contributed by atoms with E-state index in [2.05, 4.69) is 5.32 Å². The first-order valence-corrected chi connectivity index (χ1v) is 9.69. The Morgan fingerprint density at radius 1 is 0.926 bits per heavy atom. The number of hydrogen-bond acceptors (Lipinski definition) is 2. The van der Waals surface area contributed by atoms with E-state index in [1.54, 1.807) is 4.90 Å². The summed E-state index contributed by atoms with van der Waals surface area (Å²) < 4.78 is 0. The fraction of sp³-hybridized carbons (Fsp3) is 0.391. The Labute approximate surface area is 162 Å². The van der Waals surface area contributed by atoms with Gasteiger partial charge in [-0.2, -0.15) is 0 Å². The van der Waals surface area contributed by atoms with Crippen LogP contribution in [-0.2, 0) is 22.4 Å². The van der Waals surface area contributed by atoms with Crippen molar-refractivity contribution in [3.8, 4) is 0 Å². The second kappa shape index (κ2) is 10.5. The summed E-state index contributed by atoms with van der Waals surface area (Å²) >= 11 is 0. The molecule has 2 rings (SSSR count). The van der Waals surface area contributed by atoms with Gasteiger partial charge >= 0.3 is 0 Å². The molecule has 0 aliphatic rings. The molecule has 4 nitrogen and oxygen atoms in total. The number of rotatable bonds is 9. The van der Waals surface area contributed by atoms with Gasteiger partial charge in [0.15, 0.2) is 0 Å². The van der Waals surface area contributed by atoms with Crippen molar-refractivity contribution in [1.82, 2.24) is 10.2 Å². The molecule has 2 aromatic carbocycles. The summed E-state index contributed by atoms with van der Waals surface area (Å²) in [6.07, 6.45) is 1.89. The number of carbonyl (C=O) groups excluding carboxylic acids is 2. The molecule has 4 heteroatoms. The Morgan fingerprint density at radius 2 is 1.48 bits per heavy atom. The molecule has 0 fully saturated rings. The number of nitrogens with one attached hydrogen (secondary N) is 1. The minimum atomic E-state index is -0.501. The van der Waals surface area contributed by atoms with Crippen molar-refractivity contribution in [2.24, 2.45) is 0 Å². The van der Waals surface area contributed by atoms with E-state index in [1.807, 2.05) is 81.4 Å². The smallest absolute Gasteiger partial charge is 0.242 e. The van der Waals surface area contributed by atoms with Crippen LogP contribution >= 0.6 is 0 Å². The van der Waals surface area contributed by atoms with Gasteiger partial charge < -0.3 is 10.2 Å². The lowest BCUT2D eigenvalue weighted by Gasteiger charge is -2.29. The average Bonchev–Trinajstić information content (AvgIpc) is 2.69. The Kier molecular flexibility index (Phi) is 8.05. The van der Waals surface area contributed by atoms with Gasteiger partial charge in [-0.1, -0.05) is 67.6 Å². The largest absolute Gasteiger partial charge is 0.352 e. The van der Waals surface area contributed by atoms with Crippen molar-refractivity contribution in [3.05, 3.63) is 71.8 Å². The van der Waals surface area contributed by atoms with Gasteiger partial charge in [-0.15, -0.1) is 0 Å². The van der Waals surface area contributed by atoms with Crippen molar-refractivity contribution in [2.75, 3.05) is 6.54 Å². The minimum Gasteiger partial charge on any atom is -0.352 e. The molecular weight excluding hydrogens is 336 g/mol. The number of carbonyl (C=O) groups is 2. The van der Waals surface area contributed by atoms with Gasteiger partial charge in [-0.3, -0.25) is 9.59 Å². The third kappa shape index (κ3) is 6.55. The molecule has 27 heavy (non-hydrogen) atoms. The van der Waals surface area contributed by atoms with Crippen LogP contribution in [0.25, 0.3) is 0 Å². The maximum absolute atomic E-state index is 13.0. The van der Waals surface area contributed by atoms with Crippen LogP contribution in [-0.4, -0.2) is 35.3 Å². The van der Waals surface area contributed by atoms with E-state index < -0.39 is 6.04 Å². The predicted octanol–water partition coefficient (Wildman–Crippen LogP) is 3.60. The van der Waals surface area contributed by atoms with Crippen LogP contribution in [0.15, 0.2) is 60.7 Å². The number of hydrogen-bond donors (Lipinski definition) is 1. The van der Waals surface area contributed by atoms with Crippen LogP contribution in [0.2, 0.25) is 0 Å². The number of amides is 2. The zero-order valence-corrected chi connectivity index (χ0v) is 16.5. The molecule has 2 amide bonds. The second-order valence-corrected chi connectivity index (χ2v) is 6.98. The van der Waals surface area contributed by atoms with E-state index in [1.165, 1.54) is 0 Å². The summed E-state index contributed by atoms with van der Waals surface area (Å²) in [6, 6.07) is 19.3. The SMILES string of the molecule is CCC(C)NC(=O)C(C)N(CCc1ccccc1)C(=O)Cc1ccccc1. The lowest BCUT2D eigenvalue weighted by molar-refractivity contribution is -0.139. The van der Waals surface area contributed by atoms with Crippen molar-refractivity contribution >= 4 is 11.8 Å². The van der Waals surface area contributed by atoms with E-state index in [0.29, 0.717) is 13.0 Å². The maximum atomic E-state index is 13.0. The first kappa shape index (κ1) is 20.7. The van der Waals surface area contributed by atoms with Crippen LogP contribution < -0.4 is 5.32 Å². The van der Waals surface area contributed by atoms with Crippen LogP contribution in [0.1, 0.15) is 38.3 Å². The van der Waals surface area contributed by atoms with E-state index in [4.69, 9.17) is 0 Å². The third-order valence-corrected chi connectivity index (χ3v) is 4.85. The van der Waals surface area contributed by atoms with E-state index in [-0.39, 0.29) is 17.9 Å². The van der Waals surface area contributed by atoms with Crippen LogP contribution in [0.5, 0.6) is 0 Å². The lowest BCUT2D eigenvalue weighted by Crippen LogP contribution is -2.50. The minimum absolute atomic E-state index is 0.0241. The molecule has 0 radical (unpaired) electrons. The highest BCUT2D eigenvalue weighted by Gasteiger charge is 2.26. The first-order valence-electron chi connectivity index (χ1n) is 9.69. The fourth-order valence-corrected chi connectivity index (χ4v) is 2.91. The standard InChI is InChI=1S/C23H30N2O2/c1-4-18(2)24-23(27)19(3)25(16-15-20-11-7-5-8-12-20)22(26)17-21-13-9-6-10-14-21/h5-14,18-19H,4,15-17H2,1-3H3,(H,24,27). The summed E-state index contributed by atoms with van der Waals surface area (Å²) in [6.45, 7) is 6.34. The zero-order valence-electron chi connectivity index (χ0n) is 16.5. The average molecular weight is 367 g/mol. The Hall–Kier alpha value is -2.62. The molecule has 0 aliphatic heterocycles. The topological polar surface area (TPSA) is 49.4 Å². The normalized spacial score (nSPS) is 12.9. The van der Waals surface area contributed by atoms with Crippen LogP contribution in [0.4, 0.5) is 0 Å². The molecule has 2 aromatic rings. The van der Waals surface area contributed by atoms with E-state index in [9.17, 15) is 9.59 Å². The molecule has 1 N–H and O–H groups in total. The number of nitrogens with zero attached hydrogens (tertiary/aromatic N) is 1. The highest BCUT2D eigenvalue weighted by atomic mass is 16.2. The molecule has 0 bridgehead atoms. The van der Waals surface area contributed by atoms with E-state index >= 15 is 0 Å². The predicted molar refractivity (Wildman–Crippen MR) is 109 cm³/mol.